The molecule has 0 atom stereocenters. The van der Waals surface area contributed by atoms with Crippen LogP contribution in [-0.2, 0) is 5.54 Å². The van der Waals surface area contributed by atoms with Gasteiger partial charge >= 0.3 is 0 Å². The highest BCUT2D eigenvalue weighted by Gasteiger charge is 2.23. The monoisotopic (exact) mass is 297 g/mol. The predicted octanol–water partition coefficient (Wildman–Crippen LogP) is 3.98. The number of hydrogen-bond donors (Lipinski definition) is 1. The van der Waals surface area contributed by atoms with Gasteiger partial charge in [0.1, 0.15) is 5.75 Å². The van der Waals surface area contributed by atoms with Crippen LogP contribution in [0.15, 0.2) is 42.5 Å². The lowest BCUT2D eigenvalue weighted by atomic mass is 9.93. The third-order valence-corrected chi connectivity index (χ3v) is 4.01. The molecule has 0 bridgehead atoms. The summed E-state index contributed by atoms with van der Waals surface area (Å²) in [5.74, 6) is 0.740. The molecule has 0 radical (unpaired) electrons. The molecule has 0 aromatic heterocycles. The van der Waals surface area contributed by atoms with Gasteiger partial charge in [0, 0.05) is 5.56 Å². The van der Waals surface area contributed by atoms with Crippen LogP contribution in [0.25, 0.3) is 0 Å². The summed E-state index contributed by atoms with van der Waals surface area (Å²) in [6.07, 6.45) is 0. The van der Waals surface area contributed by atoms with Gasteiger partial charge in [-0.2, -0.15) is 0 Å². The first-order valence-electron chi connectivity index (χ1n) is 7.38. The Morgan fingerprint density at radius 1 is 1.00 bits per heavy atom. The fourth-order valence-electron chi connectivity index (χ4n) is 2.32. The second-order valence-electron chi connectivity index (χ2n) is 6.11. The van der Waals surface area contributed by atoms with Gasteiger partial charge < -0.3 is 10.1 Å². The molecule has 0 fully saturated rings. The van der Waals surface area contributed by atoms with E-state index in [0.29, 0.717) is 5.56 Å². The minimum atomic E-state index is -0.456. The van der Waals surface area contributed by atoms with Gasteiger partial charge in [0.25, 0.3) is 5.91 Å². The Balaban J connectivity index is 2.19. The molecule has 0 aliphatic carbocycles. The molecule has 3 nitrogen and oxygen atoms in total. The number of ether oxygens (including phenoxy) is 1. The number of aryl methyl sites for hydroxylation is 2. The van der Waals surface area contributed by atoms with Crippen LogP contribution in [0.1, 0.15) is 40.9 Å². The number of carbonyl (C=O) groups excluding carboxylic acids is 1. The van der Waals surface area contributed by atoms with Gasteiger partial charge in [-0.05, 0) is 68.7 Å². The second kappa shape index (κ2) is 6.22. The molecule has 2 aromatic carbocycles. The maximum absolute atomic E-state index is 12.5. The van der Waals surface area contributed by atoms with Crippen molar-refractivity contribution in [3.63, 3.8) is 0 Å². The number of methoxy groups -OCH3 is 1. The SMILES string of the molecule is COc1ccc(C(C)(C)NC(=O)c2ccc(C)c(C)c2)cc1. The molecule has 2 aromatic rings. The highest BCUT2D eigenvalue weighted by Crippen LogP contribution is 2.23. The first-order valence-corrected chi connectivity index (χ1v) is 7.38. The molecular weight excluding hydrogens is 274 g/mol. The van der Waals surface area contributed by atoms with E-state index in [2.05, 4.69) is 5.32 Å². The van der Waals surface area contributed by atoms with Crippen LogP contribution in [0, 0.1) is 13.8 Å². The predicted molar refractivity (Wildman–Crippen MR) is 89.4 cm³/mol. The standard InChI is InChI=1S/C19H23NO2/c1-13-6-7-15(12-14(13)2)18(21)20-19(3,4)16-8-10-17(22-5)11-9-16/h6-12H,1-5H3,(H,20,21). The van der Waals surface area contributed by atoms with Crippen LogP contribution < -0.4 is 10.1 Å². The minimum absolute atomic E-state index is 0.0658. The van der Waals surface area contributed by atoms with Crippen molar-refractivity contribution in [2.24, 2.45) is 0 Å². The zero-order valence-corrected chi connectivity index (χ0v) is 13.9. The molecule has 3 heteroatoms. The van der Waals surface area contributed by atoms with Crippen LogP contribution in [-0.4, -0.2) is 13.0 Å². The van der Waals surface area contributed by atoms with Crippen molar-refractivity contribution in [3.05, 3.63) is 64.7 Å². The highest BCUT2D eigenvalue weighted by atomic mass is 16.5. The summed E-state index contributed by atoms with van der Waals surface area (Å²) in [7, 11) is 1.64. The summed E-state index contributed by atoms with van der Waals surface area (Å²) < 4.78 is 5.17. The van der Waals surface area contributed by atoms with Crippen LogP contribution in [0.2, 0.25) is 0 Å². The number of benzene rings is 2. The number of nitrogens with one attached hydrogen (secondary N) is 1. The molecule has 0 heterocycles. The Hall–Kier alpha value is -2.29. The number of amides is 1. The molecule has 0 aliphatic heterocycles. The summed E-state index contributed by atoms with van der Waals surface area (Å²) in [6, 6.07) is 13.5. The van der Waals surface area contributed by atoms with Crippen LogP contribution >= 0.6 is 0 Å². The molecule has 22 heavy (non-hydrogen) atoms. The molecule has 116 valence electrons. The molecule has 0 saturated carbocycles. The van der Waals surface area contributed by atoms with Crippen molar-refractivity contribution in [3.8, 4) is 5.75 Å². The Kier molecular flexibility index (Phi) is 4.55. The molecule has 0 aliphatic rings. The van der Waals surface area contributed by atoms with E-state index in [1.165, 1.54) is 5.56 Å². The summed E-state index contributed by atoms with van der Waals surface area (Å²) in [4.78, 5) is 12.5. The van der Waals surface area contributed by atoms with Gasteiger partial charge in [0.15, 0.2) is 0 Å². The maximum Gasteiger partial charge on any atom is 0.251 e. The van der Waals surface area contributed by atoms with E-state index in [4.69, 9.17) is 4.74 Å². The first kappa shape index (κ1) is 16.1. The summed E-state index contributed by atoms with van der Waals surface area (Å²) in [5.41, 5.74) is 3.57. The number of rotatable bonds is 4. The largest absolute Gasteiger partial charge is 0.497 e. The van der Waals surface area contributed by atoms with E-state index in [-0.39, 0.29) is 5.91 Å². The average molecular weight is 297 g/mol. The van der Waals surface area contributed by atoms with Crippen molar-refractivity contribution in [1.29, 1.82) is 0 Å². The Bertz CT molecular complexity index is 672. The lowest BCUT2D eigenvalue weighted by Gasteiger charge is -2.27. The minimum Gasteiger partial charge on any atom is -0.497 e. The lowest BCUT2D eigenvalue weighted by molar-refractivity contribution is 0.0912. The summed E-state index contributed by atoms with van der Waals surface area (Å²) >= 11 is 0. The van der Waals surface area contributed by atoms with E-state index in [9.17, 15) is 4.79 Å². The van der Waals surface area contributed by atoms with Crippen LogP contribution in [0.5, 0.6) is 5.75 Å². The van der Waals surface area contributed by atoms with E-state index < -0.39 is 5.54 Å². The smallest absolute Gasteiger partial charge is 0.251 e. The highest BCUT2D eigenvalue weighted by molar-refractivity contribution is 5.95. The molecule has 0 unspecified atom stereocenters. The Morgan fingerprint density at radius 2 is 1.64 bits per heavy atom. The van der Waals surface area contributed by atoms with Crippen molar-refractivity contribution in [2.75, 3.05) is 7.11 Å². The van der Waals surface area contributed by atoms with Crippen molar-refractivity contribution < 1.29 is 9.53 Å². The molecule has 0 spiro atoms. The van der Waals surface area contributed by atoms with Crippen molar-refractivity contribution in [1.82, 2.24) is 5.32 Å². The van der Waals surface area contributed by atoms with Gasteiger partial charge in [0.2, 0.25) is 0 Å². The van der Waals surface area contributed by atoms with Gasteiger partial charge in [-0.25, -0.2) is 0 Å². The number of carbonyl (C=O) groups is 1. The third-order valence-electron chi connectivity index (χ3n) is 4.01. The Labute approximate surface area is 132 Å². The van der Waals surface area contributed by atoms with Gasteiger partial charge in [-0.3, -0.25) is 4.79 Å². The van der Waals surface area contributed by atoms with E-state index >= 15 is 0 Å². The quantitative estimate of drug-likeness (QED) is 0.927. The fraction of sp³-hybridized carbons (Fsp3) is 0.316. The third kappa shape index (κ3) is 3.48. The molecule has 2 rings (SSSR count). The van der Waals surface area contributed by atoms with Gasteiger partial charge in [-0.1, -0.05) is 18.2 Å². The summed E-state index contributed by atoms with van der Waals surface area (Å²) in [5, 5.41) is 3.09. The zero-order chi connectivity index (χ0) is 16.3. The summed E-state index contributed by atoms with van der Waals surface area (Å²) in [6.45, 7) is 8.04. The van der Waals surface area contributed by atoms with E-state index in [1.807, 2.05) is 70.2 Å². The van der Waals surface area contributed by atoms with Crippen LogP contribution in [0.3, 0.4) is 0 Å². The second-order valence-corrected chi connectivity index (χ2v) is 6.11. The number of hydrogen-bond acceptors (Lipinski definition) is 2. The van der Waals surface area contributed by atoms with Crippen LogP contribution in [0.4, 0.5) is 0 Å². The van der Waals surface area contributed by atoms with E-state index in [0.717, 1.165) is 16.9 Å². The molecular formula is C19H23NO2. The average Bonchev–Trinajstić information content (AvgIpc) is 2.49. The van der Waals surface area contributed by atoms with Crippen molar-refractivity contribution in [2.45, 2.75) is 33.2 Å². The van der Waals surface area contributed by atoms with Crippen molar-refractivity contribution >= 4 is 5.91 Å². The molecule has 1 N–H and O–H groups in total. The zero-order valence-electron chi connectivity index (χ0n) is 13.9. The van der Waals surface area contributed by atoms with Gasteiger partial charge in [0.05, 0.1) is 12.6 Å². The maximum atomic E-state index is 12.5. The van der Waals surface area contributed by atoms with Gasteiger partial charge in [-0.15, -0.1) is 0 Å². The topological polar surface area (TPSA) is 38.3 Å². The van der Waals surface area contributed by atoms with E-state index in [1.54, 1.807) is 7.11 Å². The Morgan fingerprint density at radius 3 is 2.18 bits per heavy atom. The first-order chi connectivity index (χ1) is 10.3. The lowest BCUT2D eigenvalue weighted by Crippen LogP contribution is -2.41. The fourth-order valence-corrected chi connectivity index (χ4v) is 2.32. The molecule has 1 amide bonds. The normalized spacial score (nSPS) is 11.1. The molecule has 0 saturated heterocycles.